The fourth-order valence-corrected chi connectivity index (χ4v) is 1.27. The van der Waals surface area contributed by atoms with E-state index in [0.717, 1.165) is 0 Å². The number of halogens is 3. The van der Waals surface area contributed by atoms with E-state index in [1.165, 1.54) is 23.1 Å². The van der Waals surface area contributed by atoms with Crippen LogP contribution < -0.4 is 10.1 Å². The van der Waals surface area contributed by atoms with Gasteiger partial charge in [0, 0.05) is 6.07 Å². The van der Waals surface area contributed by atoms with Crippen LogP contribution in [0.15, 0.2) is 24.7 Å². The Bertz CT molecular complexity index is 581. The monoisotopic (exact) mass is 274 g/mol. The van der Waals surface area contributed by atoms with Crippen LogP contribution in [-0.2, 0) is 4.79 Å². The van der Waals surface area contributed by atoms with Crippen LogP contribution >= 0.6 is 0 Å². The number of alkyl halides is 3. The molecule has 102 valence electrons. The summed E-state index contributed by atoms with van der Waals surface area (Å²) in [5.74, 6) is -0.628. The van der Waals surface area contributed by atoms with Crippen molar-refractivity contribution in [3.05, 3.63) is 24.7 Å². The molecule has 0 saturated carbocycles. The van der Waals surface area contributed by atoms with Gasteiger partial charge in [-0.2, -0.15) is 18.3 Å². The molecular formula is C10H9F3N4O2. The SMILES string of the molecule is O=C(COc1cnc2ccnn2c1)NCC(F)(F)F. The highest BCUT2D eigenvalue weighted by Gasteiger charge is 2.27. The molecule has 9 heteroatoms. The smallest absolute Gasteiger partial charge is 0.405 e. The Hall–Kier alpha value is -2.32. The Morgan fingerprint density at radius 1 is 1.47 bits per heavy atom. The maximum absolute atomic E-state index is 11.8. The van der Waals surface area contributed by atoms with Crippen molar-refractivity contribution in [1.29, 1.82) is 0 Å². The van der Waals surface area contributed by atoms with E-state index < -0.39 is 25.2 Å². The Morgan fingerprint density at radius 3 is 3.00 bits per heavy atom. The van der Waals surface area contributed by atoms with E-state index in [2.05, 4.69) is 10.1 Å². The van der Waals surface area contributed by atoms with Crippen molar-refractivity contribution < 1.29 is 22.7 Å². The number of hydrogen-bond acceptors (Lipinski definition) is 4. The minimum Gasteiger partial charge on any atom is -0.481 e. The molecule has 0 aromatic carbocycles. The molecule has 0 spiro atoms. The highest BCUT2D eigenvalue weighted by Crippen LogP contribution is 2.12. The number of hydrogen-bond donors (Lipinski definition) is 1. The van der Waals surface area contributed by atoms with Crippen molar-refractivity contribution in [3.8, 4) is 5.75 Å². The number of nitrogens with one attached hydrogen (secondary N) is 1. The second-order valence-electron chi connectivity index (χ2n) is 3.60. The molecule has 0 radical (unpaired) electrons. The lowest BCUT2D eigenvalue weighted by molar-refractivity contribution is -0.139. The summed E-state index contributed by atoms with van der Waals surface area (Å²) in [4.78, 5) is 15.1. The van der Waals surface area contributed by atoms with Crippen LogP contribution in [0.4, 0.5) is 13.2 Å². The first-order chi connectivity index (χ1) is 8.94. The summed E-state index contributed by atoms with van der Waals surface area (Å²) in [6.45, 7) is -1.91. The Morgan fingerprint density at radius 2 is 2.26 bits per heavy atom. The Labute approximate surface area is 105 Å². The quantitative estimate of drug-likeness (QED) is 0.894. The number of rotatable bonds is 4. The third-order valence-corrected chi connectivity index (χ3v) is 2.08. The van der Waals surface area contributed by atoms with Gasteiger partial charge in [0.1, 0.15) is 6.54 Å². The number of carbonyl (C=O) groups excluding carboxylic acids is 1. The van der Waals surface area contributed by atoms with Crippen molar-refractivity contribution in [2.24, 2.45) is 0 Å². The number of nitrogens with zero attached hydrogens (tertiary/aromatic N) is 3. The summed E-state index contributed by atoms with van der Waals surface area (Å²) in [7, 11) is 0. The van der Waals surface area contributed by atoms with Crippen LogP contribution in [0.1, 0.15) is 0 Å². The van der Waals surface area contributed by atoms with Crippen molar-refractivity contribution in [1.82, 2.24) is 19.9 Å². The van der Waals surface area contributed by atoms with E-state index in [0.29, 0.717) is 5.65 Å². The second kappa shape index (κ2) is 5.12. The van der Waals surface area contributed by atoms with Gasteiger partial charge in [0.25, 0.3) is 5.91 Å². The van der Waals surface area contributed by atoms with Gasteiger partial charge >= 0.3 is 6.18 Å². The fraction of sp³-hybridized carbons (Fsp3) is 0.300. The van der Waals surface area contributed by atoms with E-state index in [9.17, 15) is 18.0 Å². The molecule has 0 atom stereocenters. The molecule has 0 fully saturated rings. The van der Waals surface area contributed by atoms with Gasteiger partial charge in [-0.05, 0) is 0 Å². The summed E-state index contributed by atoms with van der Waals surface area (Å²) < 4.78 is 42.0. The Balaban J connectivity index is 1.86. The number of amides is 1. The first-order valence-electron chi connectivity index (χ1n) is 5.20. The average Bonchev–Trinajstić information content (AvgIpc) is 2.80. The maximum Gasteiger partial charge on any atom is 0.405 e. The molecule has 6 nitrogen and oxygen atoms in total. The molecule has 19 heavy (non-hydrogen) atoms. The minimum atomic E-state index is -4.44. The zero-order chi connectivity index (χ0) is 13.9. The molecule has 1 amide bonds. The van der Waals surface area contributed by atoms with Crippen molar-refractivity contribution in [3.63, 3.8) is 0 Å². The highest BCUT2D eigenvalue weighted by molar-refractivity contribution is 5.77. The molecular weight excluding hydrogens is 265 g/mol. The molecule has 0 bridgehead atoms. The van der Waals surface area contributed by atoms with Gasteiger partial charge in [-0.25, -0.2) is 9.50 Å². The van der Waals surface area contributed by atoms with Gasteiger partial charge in [0.2, 0.25) is 0 Å². The fourth-order valence-electron chi connectivity index (χ4n) is 1.27. The van der Waals surface area contributed by atoms with Crippen LogP contribution in [0.3, 0.4) is 0 Å². The number of carbonyl (C=O) groups is 1. The number of aromatic nitrogens is 3. The van der Waals surface area contributed by atoms with Crippen LogP contribution in [-0.4, -0.2) is 39.8 Å². The zero-order valence-corrected chi connectivity index (χ0v) is 9.52. The molecule has 2 heterocycles. The van der Waals surface area contributed by atoms with Crippen LogP contribution in [0.2, 0.25) is 0 Å². The van der Waals surface area contributed by atoms with Crippen molar-refractivity contribution >= 4 is 11.6 Å². The van der Waals surface area contributed by atoms with E-state index in [-0.39, 0.29) is 5.75 Å². The van der Waals surface area contributed by atoms with Crippen molar-refractivity contribution in [2.75, 3.05) is 13.2 Å². The molecule has 2 aromatic heterocycles. The standard InChI is InChI=1S/C10H9F3N4O2/c11-10(12,13)6-15-9(18)5-19-7-3-14-8-1-2-16-17(8)4-7/h1-4H,5-6H2,(H,15,18). The van der Waals surface area contributed by atoms with Crippen LogP contribution in [0.25, 0.3) is 5.65 Å². The summed E-state index contributed by atoms with van der Waals surface area (Å²) in [5, 5.41) is 5.59. The number of fused-ring (bicyclic) bond motifs is 1. The topological polar surface area (TPSA) is 68.5 Å². The van der Waals surface area contributed by atoms with Gasteiger partial charge in [0.15, 0.2) is 18.0 Å². The molecule has 0 unspecified atom stereocenters. The summed E-state index contributed by atoms with van der Waals surface area (Å²) in [6, 6.07) is 1.67. The molecule has 0 aliphatic rings. The van der Waals surface area contributed by atoms with Gasteiger partial charge in [-0.3, -0.25) is 4.79 Å². The first kappa shape index (κ1) is 13.1. The second-order valence-corrected chi connectivity index (χ2v) is 3.60. The largest absolute Gasteiger partial charge is 0.481 e. The molecule has 1 N–H and O–H groups in total. The lowest BCUT2D eigenvalue weighted by Crippen LogP contribution is -2.36. The van der Waals surface area contributed by atoms with E-state index in [4.69, 9.17) is 4.74 Å². The molecule has 0 saturated heterocycles. The predicted octanol–water partition coefficient (Wildman–Crippen LogP) is 0.787. The average molecular weight is 274 g/mol. The van der Waals surface area contributed by atoms with Crippen molar-refractivity contribution in [2.45, 2.75) is 6.18 Å². The molecule has 0 aliphatic carbocycles. The molecule has 2 rings (SSSR count). The van der Waals surface area contributed by atoms with Gasteiger partial charge < -0.3 is 10.1 Å². The van der Waals surface area contributed by atoms with Gasteiger partial charge in [0.05, 0.1) is 18.6 Å². The van der Waals surface area contributed by atoms with Gasteiger partial charge in [-0.15, -0.1) is 0 Å². The third kappa shape index (κ3) is 3.83. The van der Waals surface area contributed by atoms with E-state index in [1.807, 2.05) is 0 Å². The highest BCUT2D eigenvalue weighted by atomic mass is 19.4. The minimum absolute atomic E-state index is 0.235. The zero-order valence-electron chi connectivity index (χ0n) is 9.52. The maximum atomic E-state index is 11.8. The lowest BCUT2D eigenvalue weighted by Gasteiger charge is -2.09. The first-order valence-corrected chi connectivity index (χ1v) is 5.20. The van der Waals surface area contributed by atoms with Gasteiger partial charge in [-0.1, -0.05) is 0 Å². The summed E-state index contributed by atoms with van der Waals surface area (Å²) in [5.41, 5.74) is 0.592. The lowest BCUT2D eigenvalue weighted by atomic mass is 10.5. The third-order valence-electron chi connectivity index (χ3n) is 2.08. The van der Waals surface area contributed by atoms with E-state index >= 15 is 0 Å². The molecule has 0 aliphatic heterocycles. The Kier molecular flexibility index (Phi) is 3.54. The van der Waals surface area contributed by atoms with Crippen LogP contribution in [0.5, 0.6) is 5.75 Å². The predicted molar refractivity (Wildman–Crippen MR) is 57.5 cm³/mol. The normalized spacial score (nSPS) is 11.5. The number of ether oxygens (including phenoxy) is 1. The summed E-state index contributed by atoms with van der Waals surface area (Å²) >= 11 is 0. The molecule has 2 aromatic rings. The van der Waals surface area contributed by atoms with Crippen LogP contribution in [0, 0.1) is 0 Å². The summed E-state index contributed by atoms with van der Waals surface area (Å²) in [6.07, 6.45) is -0.0826. The van der Waals surface area contributed by atoms with E-state index in [1.54, 1.807) is 11.4 Å².